The quantitative estimate of drug-likeness (QED) is 0.801. The van der Waals surface area contributed by atoms with Gasteiger partial charge in [0.05, 0.1) is 10.7 Å². The Kier molecular flexibility index (Phi) is 5.12. The molecule has 0 spiro atoms. The van der Waals surface area contributed by atoms with E-state index < -0.39 is 11.7 Å². The number of carbonyl (C=O) groups is 1. The number of thiocarbonyl (C=S) groups is 1. The number of anilines is 1. The number of carbonyl (C=O) groups excluding carboxylic acids is 1. The molecule has 0 aliphatic rings. The lowest BCUT2D eigenvalue weighted by Gasteiger charge is -2.11. The highest BCUT2D eigenvalue weighted by molar-refractivity contribution is 7.80. The van der Waals surface area contributed by atoms with Gasteiger partial charge in [0.15, 0.2) is 5.11 Å². The van der Waals surface area contributed by atoms with Gasteiger partial charge in [0, 0.05) is 10.6 Å². The predicted molar refractivity (Wildman–Crippen MR) is 86.5 cm³/mol. The van der Waals surface area contributed by atoms with Crippen LogP contribution in [0.25, 0.3) is 0 Å². The fourth-order valence-corrected chi connectivity index (χ4v) is 2.21. The van der Waals surface area contributed by atoms with Crippen molar-refractivity contribution in [1.82, 2.24) is 5.32 Å². The first-order valence-corrected chi connectivity index (χ1v) is 6.95. The molecule has 0 unspecified atom stereocenters. The summed E-state index contributed by atoms with van der Waals surface area (Å²) in [6.45, 7) is 0. The van der Waals surface area contributed by atoms with Crippen LogP contribution in [0.15, 0.2) is 42.5 Å². The molecule has 0 saturated carbocycles. The molecule has 2 aromatic rings. The van der Waals surface area contributed by atoms with Crippen LogP contribution in [0.3, 0.4) is 0 Å². The van der Waals surface area contributed by atoms with Crippen molar-refractivity contribution >= 4 is 52.1 Å². The zero-order valence-electron chi connectivity index (χ0n) is 10.5. The maximum absolute atomic E-state index is 13.0. The van der Waals surface area contributed by atoms with E-state index in [1.54, 1.807) is 18.2 Å². The Morgan fingerprint density at radius 3 is 2.57 bits per heavy atom. The second-order valence-corrected chi connectivity index (χ2v) is 5.29. The molecule has 21 heavy (non-hydrogen) atoms. The summed E-state index contributed by atoms with van der Waals surface area (Å²) in [4.78, 5) is 11.9. The van der Waals surface area contributed by atoms with Gasteiger partial charge in [-0.15, -0.1) is 0 Å². The summed E-state index contributed by atoms with van der Waals surface area (Å²) in [5.74, 6) is -1.01. The third-order valence-corrected chi connectivity index (χ3v) is 3.25. The molecule has 0 aromatic heterocycles. The Morgan fingerprint density at radius 2 is 1.90 bits per heavy atom. The van der Waals surface area contributed by atoms with Gasteiger partial charge >= 0.3 is 0 Å². The van der Waals surface area contributed by atoms with E-state index in [-0.39, 0.29) is 10.7 Å². The van der Waals surface area contributed by atoms with Crippen LogP contribution in [0.5, 0.6) is 0 Å². The fourth-order valence-electron chi connectivity index (χ4n) is 1.55. The van der Waals surface area contributed by atoms with Gasteiger partial charge in [0.25, 0.3) is 5.91 Å². The summed E-state index contributed by atoms with van der Waals surface area (Å²) in [5.41, 5.74) is 0.673. The first kappa shape index (κ1) is 15.7. The topological polar surface area (TPSA) is 41.1 Å². The molecule has 7 heteroatoms. The van der Waals surface area contributed by atoms with Crippen molar-refractivity contribution in [2.45, 2.75) is 0 Å². The molecule has 0 aliphatic heterocycles. The molecule has 0 radical (unpaired) electrons. The van der Waals surface area contributed by atoms with Crippen molar-refractivity contribution in [3.05, 3.63) is 63.9 Å². The van der Waals surface area contributed by atoms with E-state index in [0.29, 0.717) is 15.7 Å². The van der Waals surface area contributed by atoms with Crippen LogP contribution in [0.1, 0.15) is 10.4 Å². The summed E-state index contributed by atoms with van der Waals surface area (Å²) in [6, 6.07) is 10.1. The molecule has 0 fully saturated rings. The highest BCUT2D eigenvalue weighted by atomic mass is 35.5. The van der Waals surface area contributed by atoms with Crippen LogP contribution in [-0.4, -0.2) is 11.0 Å². The van der Waals surface area contributed by atoms with Crippen LogP contribution >= 0.6 is 35.4 Å². The summed E-state index contributed by atoms with van der Waals surface area (Å²) >= 11 is 16.8. The van der Waals surface area contributed by atoms with Gasteiger partial charge in [-0.1, -0.05) is 29.3 Å². The molecule has 2 rings (SSSR count). The Bertz CT molecular complexity index is 709. The molecule has 108 valence electrons. The largest absolute Gasteiger partial charge is 0.331 e. The van der Waals surface area contributed by atoms with Crippen LogP contribution in [0, 0.1) is 5.82 Å². The number of halogens is 3. The lowest BCUT2D eigenvalue weighted by Crippen LogP contribution is -2.34. The summed E-state index contributed by atoms with van der Waals surface area (Å²) in [7, 11) is 0. The zero-order chi connectivity index (χ0) is 15.4. The van der Waals surface area contributed by atoms with E-state index in [4.69, 9.17) is 35.4 Å². The van der Waals surface area contributed by atoms with Gasteiger partial charge in [-0.25, -0.2) is 4.39 Å². The van der Waals surface area contributed by atoms with Gasteiger partial charge in [-0.3, -0.25) is 10.1 Å². The van der Waals surface area contributed by atoms with Gasteiger partial charge < -0.3 is 5.32 Å². The number of hydrogen-bond donors (Lipinski definition) is 2. The van der Waals surface area contributed by atoms with Crippen molar-refractivity contribution in [2.24, 2.45) is 0 Å². The van der Waals surface area contributed by atoms with Crippen molar-refractivity contribution in [3.63, 3.8) is 0 Å². The zero-order valence-corrected chi connectivity index (χ0v) is 12.8. The Balaban J connectivity index is 2.03. The fraction of sp³-hybridized carbons (Fsp3) is 0. The van der Waals surface area contributed by atoms with Gasteiger partial charge in [-0.05, 0) is 48.6 Å². The molecule has 2 N–H and O–H groups in total. The molecule has 0 bridgehead atoms. The highest BCUT2D eigenvalue weighted by Crippen LogP contribution is 2.25. The third kappa shape index (κ3) is 4.39. The number of rotatable bonds is 2. The molecule has 1 amide bonds. The van der Waals surface area contributed by atoms with Crippen LogP contribution in [0.4, 0.5) is 10.1 Å². The van der Waals surface area contributed by atoms with E-state index >= 15 is 0 Å². The van der Waals surface area contributed by atoms with Crippen molar-refractivity contribution in [1.29, 1.82) is 0 Å². The van der Waals surface area contributed by atoms with Crippen LogP contribution < -0.4 is 10.6 Å². The SMILES string of the molecule is O=C(NC(=S)Nc1ccc(Cl)cc1Cl)c1cccc(F)c1. The Hall–Kier alpha value is -1.69. The predicted octanol–water partition coefficient (Wildman–Crippen LogP) is 4.26. The number of hydrogen-bond acceptors (Lipinski definition) is 2. The van der Waals surface area contributed by atoms with E-state index in [2.05, 4.69) is 10.6 Å². The van der Waals surface area contributed by atoms with Gasteiger partial charge in [-0.2, -0.15) is 0 Å². The van der Waals surface area contributed by atoms with Crippen LogP contribution in [0.2, 0.25) is 10.0 Å². The maximum atomic E-state index is 13.0. The smallest absolute Gasteiger partial charge is 0.257 e. The molecule has 0 atom stereocenters. The minimum atomic E-state index is -0.517. The van der Waals surface area contributed by atoms with E-state index in [0.717, 1.165) is 6.07 Å². The Morgan fingerprint density at radius 1 is 1.14 bits per heavy atom. The number of amides is 1. The second-order valence-electron chi connectivity index (χ2n) is 4.04. The average Bonchev–Trinajstić information content (AvgIpc) is 2.42. The highest BCUT2D eigenvalue weighted by Gasteiger charge is 2.10. The molecular weight excluding hydrogens is 334 g/mol. The lowest BCUT2D eigenvalue weighted by atomic mass is 10.2. The molecule has 0 aliphatic carbocycles. The lowest BCUT2D eigenvalue weighted by molar-refractivity contribution is 0.0977. The molecule has 2 aromatic carbocycles. The van der Waals surface area contributed by atoms with E-state index in [9.17, 15) is 9.18 Å². The number of benzene rings is 2. The summed E-state index contributed by atoms with van der Waals surface area (Å²) in [6.07, 6.45) is 0. The average molecular weight is 343 g/mol. The standard InChI is InChI=1S/C14H9Cl2FN2OS/c15-9-4-5-12(11(16)7-9)18-14(21)19-13(20)8-2-1-3-10(17)6-8/h1-7H,(H2,18,19,20,21). The monoisotopic (exact) mass is 342 g/mol. The van der Waals surface area contributed by atoms with Gasteiger partial charge in [0.1, 0.15) is 5.82 Å². The minimum absolute atomic E-state index is 0.0495. The molecule has 3 nitrogen and oxygen atoms in total. The molecule has 0 saturated heterocycles. The van der Waals surface area contributed by atoms with Crippen LogP contribution in [-0.2, 0) is 0 Å². The Labute approximate surface area is 136 Å². The van der Waals surface area contributed by atoms with Crippen molar-refractivity contribution in [3.8, 4) is 0 Å². The minimum Gasteiger partial charge on any atom is -0.331 e. The maximum Gasteiger partial charge on any atom is 0.257 e. The first-order valence-electron chi connectivity index (χ1n) is 5.78. The normalized spacial score (nSPS) is 10.0. The third-order valence-electron chi connectivity index (χ3n) is 2.49. The van der Waals surface area contributed by atoms with Crippen molar-refractivity contribution in [2.75, 3.05) is 5.32 Å². The van der Waals surface area contributed by atoms with Gasteiger partial charge in [0.2, 0.25) is 0 Å². The van der Waals surface area contributed by atoms with E-state index in [1.165, 1.54) is 18.2 Å². The summed E-state index contributed by atoms with van der Waals surface area (Å²) in [5, 5.41) is 6.11. The van der Waals surface area contributed by atoms with E-state index in [1.807, 2.05) is 0 Å². The number of nitrogens with one attached hydrogen (secondary N) is 2. The second kappa shape index (κ2) is 6.85. The molecule has 0 heterocycles. The summed E-state index contributed by atoms with van der Waals surface area (Å²) < 4.78 is 13.0. The first-order chi connectivity index (χ1) is 9.95. The van der Waals surface area contributed by atoms with Crippen molar-refractivity contribution < 1.29 is 9.18 Å². The molecular formula is C14H9Cl2FN2OS.